The molecule has 0 amide bonds. The summed E-state index contributed by atoms with van der Waals surface area (Å²) in [5.74, 6) is 0.285. The highest BCUT2D eigenvalue weighted by atomic mass is 19.4. The second kappa shape index (κ2) is 8.55. The van der Waals surface area contributed by atoms with E-state index in [1.54, 1.807) is 6.07 Å². The van der Waals surface area contributed by atoms with Gasteiger partial charge in [0, 0.05) is 32.7 Å². The Morgan fingerprint density at radius 2 is 1.70 bits per heavy atom. The Kier molecular flexibility index (Phi) is 6.72. The molecule has 1 saturated heterocycles. The number of halogens is 3. The summed E-state index contributed by atoms with van der Waals surface area (Å²) >= 11 is 0. The highest BCUT2D eigenvalue weighted by Gasteiger charge is 2.30. The monoisotopic (exact) mass is 330 g/mol. The molecule has 3 nitrogen and oxygen atoms in total. The van der Waals surface area contributed by atoms with Crippen molar-refractivity contribution in [1.82, 2.24) is 9.80 Å². The molecule has 1 aliphatic heterocycles. The molecule has 1 heterocycles. The molecule has 130 valence electrons. The third kappa shape index (κ3) is 6.03. The first-order valence-corrected chi connectivity index (χ1v) is 8.24. The fraction of sp³-hybridized carbons (Fsp3) is 0.647. The summed E-state index contributed by atoms with van der Waals surface area (Å²) < 4.78 is 43.3. The number of hydrogen-bond acceptors (Lipinski definition) is 3. The normalized spacial score (nSPS) is 17.4. The number of rotatable bonds is 7. The predicted molar refractivity (Wildman–Crippen MR) is 84.7 cm³/mol. The topological polar surface area (TPSA) is 15.7 Å². The molecule has 2 rings (SSSR count). The third-order valence-electron chi connectivity index (χ3n) is 4.05. The zero-order valence-corrected chi connectivity index (χ0v) is 13.6. The van der Waals surface area contributed by atoms with Crippen molar-refractivity contribution in [3.63, 3.8) is 0 Å². The molecule has 0 spiro atoms. The van der Waals surface area contributed by atoms with Gasteiger partial charge in [-0.1, -0.05) is 13.0 Å². The van der Waals surface area contributed by atoms with Crippen molar-refractivity contribution in [2.24, 2.45) is 0 Å². The summed E-state index contributed by atoms with van der Waals surface area (Å²) in [6.07, 6.45) is -2.31. The van der Waals surface area contributed by atoms with Crippen LogP contribution in [0.1, 0.15) is 25.3 Å². The van der Waals surface area contributed by atoms with E-state index in [-0.39, 0.29) is 5.75 Å². The Balaban J connectivity index is 1.66. The smallest absolute Gasteiger partial charge is 0.416 e. The summed E-state index contributed by atoms with van der Waals surface area (Å²) in [6.45, 7) is 9.04. The van der Waals surface area contributed by atoms with Crippen LogP contribution in [0, 0.1) is 0 Å². The van der Waals surface area contributed by atoms with Gasteiger partial charge in [0.25, 0.3) is 0 Å². The Morgan fingerprint density at radius 3 is 2.30 bits per heavy atom. The molecule has 0 bridgehead atoms. The van der Waals surface area contributed by atoms with E-state index >= 15 is 0 Å². The van der Waals surface area contributed by atoms with Gasteiger partial charge < -0.3 is 14.5 Å². The number of benzene rings is 1. The summed E-state index contributed by atoms with van der Waals surface area (Å²) in [5, 5.41) is 0. The van der Waals surface area contributed by atoms with E-state index in [1.165, 1.54) is 12.5 Å². The van der Waals surface area contributed by atoms with Gasteiger partial charge in [-0.3, -0.25) is 0 Å². The number of piperazine rings is 1. The lowest BCUT2D eigenvalue weighted by molar-refractivity contribution is -0.137. The zero-order valence-electron chi connectivity index (χ0n) is 13.6. The molecular weight excluding hydrogens is 305 g/mol. The van der Waals surface area contributed by atoms with Crippen molar-refractivity contribution in [2.45, 2.75) is 25.9 Å². The SMILES string of the molecule is CCCN1CCN(CCCOc2cccc(C(F)(F)F)c2)CC1. The second-order valence-corrected chi connectivity index (χ2v) is 5.91. The largest absolute Gasteiger partial charge is 0.494 e. The maximum Gasteiger partial charge on any atom is 0.416 e. The van der Waals surface area contributed by atoms with Crippen LogP contribution in [0.4, 0.5) is 13.2 Å². The lowest BCUT2D eigenvalue weighted by Gasteiger charge is -2.34. The van der Waals surface area contributed by atoms with Crippen LogP contribution in [0.5, 0.6) is 5.75 Å². The molecule has 0 N–H and O–H groups in total. The van der Waals surface area contributed by atoms with Crippen LogP contribution in [0.2, 0.25) is 0 Å². The number of alkyl halides is 3. The molecule has 6 heteroatoms. The molecule has 0 aliphatic carbocycles. The van der Waals surface area contributed by atoms with Gasteiger partial charge in [0.15, 0.2) is 0 Å². The molecule has 1 aliphatic rings. The number of nitrogens with zero attached hydrogens (tertiary/aromatic N) is 2. The van der Waals surface area contributed by atoms with Crippen molar-refractivity contribution < 1.29 is 17.9 Å². The van der Waals surface area contributed by atoms with Crippen LogP contribution in [-0.4, -0.2) is 55.7 Å². The maximum atomic E-state index is 12.6. The van der Waals surface area contributed by atoms with Crippen molar-refractivity contribution in [1.29, 1.82) is 0 Å². The highest BCUT2D eigenvalue weighted by Crippen LogP contribution is 2.31. The minimum atomic E-state index is -4.32. The molecule has 23 heavy (non-hydrogen) atoms. The lowest BCUT2D eigenvalue weighted by atomic mass is 10.2. The first-order chi connectivity index (χ1) is 11.0. The second-order valence-electron chi connectivity index (χ2n) is 5.91. The van der Waals surface area contributed by atoms with Crippen LogP contribution in [0.3, 0.4) is 0 Å². The van der Waals surface area contributed by atoms with E-state index in [0.29, 0.717) is 6.61 Å². The Bertz CT molecular complexity index is 471. The molecule has 1 aromatic rings. The molecule has 0 saturated carbocycles. The lowest BCUT2D eigenvalue weighted by Crippen LogP contribution is -2.46. The molecule has 0 unspecified atom stereocenters. The minimum absolute atomic E-state index is 0.285. The van der Waals surface area contributed by atoms with E-state index in [2.05, 4.69) is 16.7 Å². The average molecular weight is 330 g/mol. The highest BCUT2D eigenvalue weighted by molar-refractivity contribution is 5.30. The van der Waals surface area contributed by atoms with Crippen LogP contribution in [0.25, 0.3) is 0 Å². The fourth-order valence-electron chi connectivity index (χ4n) is 2.79. The fourth-order valence-corrected chi connectivity index (χ4v) is 2.79. The van der Waals surface area contributed by atoms with Gasteiger partial charge in [0.05, 0.1) is 12.2 Å². The Labute approximate surface area is 136 Å². The first kappa shape index (κ1) is 18.1. The standard InChI is InChI=1S/C17H25F3N2O/c1-2-7-21-9-11-22(12-10-21)8-4-13-23-16-6-3-5-15(14-16)17(18,19)20/h3,5-6,14H,2,4,7-13H2,1H3. The number of hydrogen-bond donors (Lipinski definition) is 0. The zero-order chi connectivity index (χ0) is 16.7. The van der Waals surface area contributed by atoms with Crippen molar-refractivity contribution >= 4 is 0 Å². The van der Waals surface area contributed by atoms with Gasteiger partial charge in [-0.05, 0) is 37.6 Å². The summed E-state index contributed by atoms with van der Waals surface area (Å²) in [6, 6.07) is 5.07. The maximum absolute atomic E-state index is 12.6. The van der Waals surface area contributed by atoms with E-state index in [0.717, 1.165) is 57.8 Å². The quantitative estimate of drug-likeness (QED) is 0.712. The number of ether oxygens (including phenoxy) is 1. The third-order valence-corrected chi connectivity index (χ3v) is 4.05. The Morgan fingerprint density at radius 1 is 1.04 bits per heavy atom. The van der Waals surface area contributed by atoms with Crippen LogP contribution < -0.4 is 4.74 Å². The van der Waals surface area contributed by atoms with Gasteiger partial charge in [-0.25, -0.2) is 0 Å². The van der Waals surface area contributed by atoms with E-state index in [9.17, 15) is 13.2 Å². The molecule has 1 aromatic carbocycles. The van der Waals surface area contributed by atoms with Gasteiger partial charge in [-0.2, -0.15) is 13.2 Å². The van der Waals surface area contributed by atoms with Gasteiger partial charge in [0.2, 0.25) is 0 Å². The van der Waals surface area contributed by atoms with Gasteiger partial charge in [-0.15, -0.1) is 0 Å². The molecule has 0 atom stereocenters. The molecular formula is C17H25F3N2O. The first-order valence-electron chi connectivity index (χ1n) is 8.24. The predicted octanol–water partition coefficient (Wildman–Crippen LogP) is 3.50. The summed E-state index contributed by atoms with van der Waals surface area (Å²) in [4.78, 5) is 4.86. The molecule has 0 aromatic heterocycles. The van der Waals surface area contributed by atoms with Crippen molar-refractivity contribution in [3.8, 4) is 5.75 Å². The van der Waals surface area contributed by atoms with E-state index in [4.69, 9.17) is 4.74 Å². The average Bonchev–Trinajstić information content (AvgIpc) is 2.53. The van der Waals surface area contributed by atoms with Crippen molar-refractivity contribution in [2.75, 3.05) is 45.9 Å². The summed E-state index contributed by atoms with van der Waals surface area (Å²) in [7, 11) is 0. The van der Waals surface area contributed by atoms with Crippen LogP contribution in [0.15, 0.2) is 24.3 Å². The molecule has 0 radical (unpaired) electrons. The van der Waals surface area contributed by atoms with Crippen LogP contribution in [-0.2, 0) is 6.18 Å². The molecule has 1 fully saturated rings. The van der Waals surface area contributed by atoms with Crippen molar-refractivity contribution in [3.05, 3.63) is 29.8 Å². The van der Waals surface area contributed by atoms with E-state index in [1.807, 2.05) is 0 Å². The van der Waals surface area contributed by atoms with Crippen LogP contribution >= 0.6 is 0 Å². The van der Waals surface area contributed by atoms with Gasteiger partial charge in [0.1, 0.15) is 5.75 Å². The Hall–Kier alpha value is -1.27. The van der Waals surface area contributed by atoms with Gasteiger partial charge >= 0.3 is 6.18 Å². The minimum Gasteiger partial charge on any atom is -0.494 e. The summed E-state index contributed by atoms with van der Waals surface area (Å²) in [5.41, 5.74) is -0.665. The van der Waals surface area contributed by atoms with E-state index < -0.39 is 11.7 Å².